The van der Waals surface area contributed by atoms with Crippen LogP contribution >= 0.6 is 0 Å². The van der Waals surface area contributed by atoms with E-state index in [2.05, 4.69) is 10.3 Å². The summed E-state index contributed by atoms with van der Waals surface area (Å²) in [5.41, 5.74) is 0.968. The van der Waals surface area contributed by atoms with Crippen LogP contribution in [0, 0.1) is 10.1 Å². The quantitative estimate of drug-likeness (QED) is 0.403. The second kappa shape index (κ2) is 6.29. The van der Waals surface area contributed by atoms with Crippen molar-refractivity contribution in [1.29, 1.82) is 0 Å². The largest absolute Gasteiger partial charge is 0.329 e. The van der Waals surface area contributed by atoms with Crippen molar-refractivity contribution in [3.8, 4) is 0 Å². The Labute approximate surface area is 136 Å². The van der Waals surface area contributed by atoms with Crippen LogP contribution < -0.4 is 10.2 Å². The van der Waals surface area contributed by atoms with Gasteiger partial charge in [0.1, 0.15) is 0 Å². The van der Waals surface area contributed by atoms with E-state index in [1.165, 1.54) is 35.4 Å². The second-order valence-corrected chi connectivity index (χ2v) is 5.00. The number of nitro benzene ring substituents is 1. The van der Waals surface area contributed by atoms with Crippen LogP contribution in [0.4, 0.5) is 21.9 Å². The zero-order valence-electron chi connectivity index (χ0n) is 12.3. The van der Waals surface area contributed by atoms with Crippen molar-refractivity contribution in [3.05, 3.63) is 64.7 Å². The molecule has 24 heavy (non-hydrogen) atoms. The number of para-hydroxylation sites is 1. The van der Waals surface area contributed by atoms with Gasteiger partial charge in [0, 0.05) is 24.0 Å². The van der Waals surface area contributed by atoms with E-state index in [1.807, 2.05) is 0 Å². The lowest BCUT2D eigenvalue weighted by molar-refractivity contribution is -0.384. The lowest BCUT2D eigenvalue weighted by atomic mass is 10.2. The number of imide groups is 1. The number of anilines is 1. The second-order valence-electron chi connectivity index (χ2n) is 5.00. The third-order valence-corrected chi connectivity index (χ3v) is 3.46. The SMILES string of the molecule is O=C1NC(=O)N(c2ccccc2)[C@@H]1C=Nc1ccc([N+](=O)[O-])cc1. The summed E-state index contributed by atoms with van der Waals surface area (Å²) in [5.74, 6) is -0.477. The number of carbonyl (C=O) groups is 2. The molecule has 0 aliphatic carbocycles. The van der Waals surface area contributed by atoms with E-state index in [4.69, 9.17) is 0 Å². The highest BCUT2D eigenvalue weighted by molar-refractivity contribution is 6.21. The van der Waals surface area contributed by atoms with Gasteiger partial charge in [-0.1, -0.05) is 18.2 Å². The summed E-state index contributed by atoms with van der Waals surface area (Å²) in [7, 11) is 0. The van der Waals surface area contributed by atoms with Crippen LogP contribution in [0.15, 0.2) is 59.6 Å². The van der Waals surface area contributed by atoms with E-state index >= 15 is 0 Å². The summed E-state index contributed by atoms with van der Waals surface area (Å²) in [6.45, 7) is 0. The molecule has 1 fully saturated rings. The van der Waals surface area contributed by atoms with Crippen molar-refractivity contribution in [1.82, 2.24) is 5.32 Å². The Morgan fingerprint density at radius 3 is 2.38 bits per heavy atom. The minimum absolute atomic E-state index is 0.0475. The summed E-state index contributed by atoms with van der Waals surface area (Å²) >= 11 is 0. The molecule has 1 saturated heterocycles. The highest BCUT2D eigenvalue weighted by atomic mass is 16.6. The molecule has 0 unspecified atom stereocenters. The van der Waals surface area contributed by atoms with Gasteiger partial charge in [0.2, 0.25) is 0 Å². The summed E-state index contributed by atoms with van der Waals surface area (Å²) in [4.78, 5) is 39.5. The van der Waals surface area contributed by atoms with Crippen LogP contribution in [0.25, 0.3) is 0 Å². The molecular weight excluding hydrogens is 312 g/mol. The molecule has 0 radical (unpaired) electrons. The normalized spacial score (nSPS) is 17.3. The molecule has 2 aromatic carbocycles. The molecule has 1 aliphatic heterocycles. The Bertz CT molecular complexity index is 818. The molecule has 1 heterocycles. The third-order valence-electron chi connectivity index (χ3n) is 3.46. The number of aliphatic imine (C=N–C) groups is 1. The van der Waals surface area contributed by atoms with Crippen LogP contribution in [0.2, 0.25) is 0 Å². The first-order chi connectivity index (χ1) is 11.6. The summed E-state index contributed by atoms with van der Waals surface area (Å²) < 4.78 is 0. The number of rotatable bonds is 4. The maximum absolute atomic E-state index is 12.0. The zero-order valence-corrected chi connectivity index (χ0v) is 12.3. The van der Waals surface area contributed by atoms with Gasteiger partial charge in [-0.3, -0.25) is 30.1 Å². The predicted molar refractivity (Wildman–Crippen MR) is 87.5 cm³/mol. The minimum atomic E-state index is -0.880. The number of nitro groups is 1. The number of urea groups is 1. The van der Waals surface area contributed by atoms with E-state index in [-0.39, 0.29) is 5.69 Å². The molecule has 0 aromatic heterocycles. The molecule has 8 heteroatoms. The Hall–Kier alpha value is -3.55. The number of carbonyl (C=O) groups excluding carboxylic acids is 2. The Kier molecular flexibility index (Phi) is 4.02. The number of non-ortho nitro benzene ring substituents is 1. The monoisotopic (exact) mass is 324 g/mol. The van der Waals surface area contributed by atoms with E-state index in [1.54, 1.807) is 30.3 Å². The fraction of sp³-hybridized carbons (Fsp3) is 0.0625. The molecular formula is C16H12N4O4. The fourth-order valence-corrected chi connectivity index (χ4v) is 2.30. The molecule has 0 saturated carbocycles. The molecule has 120 valence electrons. The van der Waals surface area contributed by atoms with Crippen LogP contribution in [0.5, 0.6) is 0 Å². The number of hydrogen-bond donors (Lipinski definition) is 1. The summed E-state index contributed by atoms with van der Waals surface area (Å²) in [6.07, 6.45) is 1.34. The first-order valence-electron chi connectivity index (χ1n) is 7.04. The molecule has 1 N–H and O–H groups in total. The van der Waals surface area contributed by atoms with E-state index in [0.29, 0.717) is 11.4 Å². The van der Waals surface area contributed by atoms with Gasteiger partial charge < -0.3 is 0 Å². The average molecular weight is 324 g/mol. The van der Waals surface area contributed by atoms with Crippen LogP contribution in [-0.2, 0) is 4.79 Å². The predicted octanol–water partition coefficient (Wildman–Crippen LogP) is 2.42. The van der Waals surface area contributed by atoms with Gasteiger partial charge in [-0.05, 0) is 24.3 Å². The lowest BCUT2D eigenvalue weighted by Gasteiger charge is -2.18. The zero-order chi connectivity index (χ0) is 17.1. The van der Waals surface area contributed by atoms with Gasteiger partial charge in [0.25, 0.3) is 11.6 Å². The highest BCUT2D eigenvalue weighted by Crippen LogP contribution is 2.21. The van der Waals surface area contributed by atoms with Gasteiger partial charge in [0.15, 0.2) is 6.04 Å². The Balaban J connectivity index is 1.85. The maximum atomic E-state index is 12.0. The van der Waals surface area contributed by atoms with E-state index in [9.17, 15) is 19.7 Å². The van der Waals surface area contributed by atoms with Gasteiger partial charge in [-0.2, -0.15) is 0 Å². The van der Waals surface area contributed by atoms with Gasteiger partial charge in [-0.25, -0.2) is 4.79 Å². The summed E-state index contributed by atoms with van der Waals surface area (Å²) in [5, 5.41) is 12.9. The fourth-order valence-electron chi connectivity index (χ4n) is 2.30. The molecule has 1 aliphatic rings. The van der Waals surface area contributed by atoms with Crippen molar-refractivity contribution in [2.75, 3.05) is 4.90 Å². The minimum Gasteiger partial charge on any atom is -0.277 e. The van der Waals surface area contributed by atoms with Gasteiger partial charge in [0.05, 0.1) is 10.6 Å². The molecule has 3 amide bonds. The topological polar surface area (TPSA) is 105 Å². The Morgan fingerprint density at radius 1 is 1.08 bits per heavy atom. The maximum Gasteiger partial charge on any atom is 0.329 e. The number of amides is 3. The standard InChI is InChI=1S/C16H12N4O4/c21-15-14(10-17-11-6-8-13(9-7-11)20(23)24)19(16(22)18-15)12-4-2-1-3-5-12/h1-10,14H,(H,18,21,22)/t14-/m1/s1. The first kappa shape index (κ1) is 15.3. The lowest BCUT2D eigenvalue weighted by Crippen LogP contribution is -2.36. The molecule has 1 atom stereocenters. The van der Waals surface area contributed by atoms with Crippen LogP contribution in [-0.4, -0.2) is 29.1 Å². The number of benzene rings is 2. The smallest absolute Gasteiger partial charge is 0.277 e. The van der Waals surface area contributed by atoms with Crippen molar-refractivity contribution >= 4 is 35.2 Å². The van der Waals surface area contributed by atoms with Crippen molar-refractivity contribution in [2.24, 2.45) is 4.99 Å². The van der Waals surface area contributed by atoms with E-state index in [0.717, 1.165) is 0 Å². The Morgan fingerprint density at radius 2 is 1.75 bits per heavy atom. The van der Waals surface area contributed by atoms with Crippen LogP contribution in [0.1, 0.15) is 0 Å². The molecule has 0 spiro atoms. The third kappa shape index (κ3) is 2.98. The highest BCUT2D eigenvalue weighted by Gasteiger charge is 2.38. The van der Waals surface area contributed by atoms with E-state index < -0.39 is 22.9 Å². The van der Waals surface area contributed by atoms with Gasteiger partial charge >= 0.3 is 6.03 Å². The van der Waals surface area contributed by atoms with Crippen molar-refractivity contribution in [3.63, 3.8) is 0 Å². The van der Waals surface area contributed by atoms with Crippen molar-refractivity contribution < 1.29 is 14.5 Å². The molecule has 0 bridgehead atoms. The molecule has 3 rings (SSSR count). The number of nitrogens with zero attached hydrogens (tertiary/aromatic N) is 3. The average Bonchev–Trinajstić information content (AvgIpc) is 2.87. The molecule has 2 aromatic rings. The summed E-state index contributed by atoms with van der Waals surface area (Å²) in [6, 6.07) is 12.9. The number of hydrogen-bond acceptors (Lipinski definition) is 5. The van der Waals surface area contributed by atoms with Gasteiger partial charge in [-0.15, -0.1) is 0 Å². The number of nitrogens with one attached hydrogen (secondary N) is 1. The van der Waals surface area contributed by atoms with Crippen molar-refractivity contribution in [2.45, 2.75) is 6.04 Å². The van der Waals surface area contributed by atoms with Crippen LogP contribution in [0.3, 0.4) is 0 Å². The molecule has 8 nitrogen and oxygen atoms in total. The first-order valence-corrected chi connectivity index (χ1v) is 7.04.